The van der Waals surface area contributed by atoms with Crippen molar-refractivity contribution in [3.63, 3.8) is 0 Å². The summed E-state index contributed by atoms with van der Waals surface area (Å²) in [4.78, 5) is 26.0. The van der Waals surface area contributed by atoms with E-state index >= 15 is 0 Å². The topological polar surface area (TPSA) is 100 Å². The summed E-state index contributed by atoms with van der Waals surface area (Å²) in [6.07, 6.45) is 0.609. The van der Waals surface area contributed by atoms with Crippen LogP contribution in [0.15, 0.2) is 54.6 Å². The van der Waals surface area contributed by atoms with Crippen LogP contribution in [0, 0.1) is 10.1 Å². The molecular weight excluding hydrogens is 452 g/mol. The first-order chi connectivity index (χ1) is 16.9. The maximum atomic E-state index is 13.7. The molecule has 3 aromatic carbocycles. The monoisotopic (exact) mass is 478 g/mol. The van der Waals surface area contributed by atoms with Crippen molar-refractivity contribution in [2.24, 2.45) is 0 Å². The fourth-order valence-electron chi connectivity index (χ4n) is 4.44. The van der Waals surface area contributed by atoms with Crippen LogP contribution in [0.5, 0.6) is 23.0 Å². The maximum absolute atomic E-state index is 13.7. The predicted molar refractivity (Wildman–Crippen MR) is 129 cm³/mol. The number of carbonyl (C=O) groups excluding carboxylic acids is 1. The van der Waals surface area contributed by atoms with Crippen molar-refractivity contribution in [1.29, 1.82) is 0 Å². The molecule has 0 saturated carbocycles. The number of nitrogens with zero attached hydrogens (tertiary/aromatic N) is 2. The van der Waals surface area contributed by atoms with Gasteiger partial charge in [-0.15, -0.1) is 0 Å². The summed E-state index contributed by atoms with van der Waals surface area (Å²) in [5.74, 6) is 2.06. The molecule has 1 atom stereocenters. The third-order valence-corrected chi connectivity index (χ3v) is 6.18. The Morgan fingerprint density at radius 2 is 1.46 bits per heavy atom. The lowest BCUT2D eigenvalue weighted by Gasteiger charge is -2.38. The predicted octanol–water partition coefficient (Wildman–Crippen LogP) is 4.42. The second-order valence-electron chi connectivity index (χ2n) is 7.98. The lowest BCUT2D eigenvalue weighted by molar-refractivity contribution is -0.384. The fraction of sp³-hybridized carbons (Fsp3) is 0.269. The molecule has 0 aliphatic carbocycles. The zero-order valence-electron chi connectivity index (χ0n) is 19.9. The zero-order chi connectivity index (χ0) is 25.1. The number of rotatable bonds is 7. The molecule has 0 N–H and O–H groups in total. The molecular formula is C26H26N2O7. The highest BCUT2D eigenvalue weighted by molar-refractivity contribution is 5.95. The lowest BCUT2D eigenvalue weighted by atomic mass is 9.87. The number of carbonyl (C=O) groups is 1. The summed E-state index contributed by atoms with van der Waals surface area (Å²) in [5.41, 5.74) is 3.06. The Morgan fingerprint density at radius 1 is 0.857 bits per heavy atom. The van der Waals surface area contributed by atoms with Gasteiger partial charge in [0.15, 0.2) is 23.0 Å². The Balaban J connectivity index is 1.85. The Morgan fingerprint density at radius 3 is 2.06 bits per heavy atom. The molecule has 1 aliphatic rings. The first kappa shape index (κ1) is 23.9. The van der Waals surface area contributed by atoms with Crippen LogP contribution in [-0.2, 0) is 6.42 Å². The molecule has 0 saturated heterocycles. The molecule has 0 bridgehead atoms. The number of amides is 1. The van der Waals surface area contributed by atoms with E-state index in [1.807, 2.05) is 24.3 Å². The Hall–Kier alpha value is -4.27. The minimum atomic E-state index is -0.489. The molecule has 1 amide bonds. The number of hydrogen-bond donors (Lipinski definition) is 0. The first-order valence-electron chi connectivity index (χ1n) is 10.9. The second-order valence-corrected chi connectivity index (χ2v) is 7.98. The van der Waals surface area contributed by atoms with E-state index in [9.17, 15) is 14.9 Å². The van der Waals surface area contributed by atoms with Crippen LogP contribution in [0.3, 0.4) is 0 Å². The minimum Gasteiger partial charge on any atom is -0.493 e. The highest BCUT2D eigenvalue weighted by Crippen LogP contribution is 2.43. The van der Waals surface area contributed by atoms with Crippen LogP contribution < -0.4 is 18.9 Å². The fourth-order valence-corrected chi connectivity index (χ4v) is 4.44. The van der Waals surface area contributed by atoms with Gasteiger partial charge in [-0.25, -0.2) is 0 Å². The molecule has 9 heteroatoms. The molecule has 4 rings (SSSR count). The van der Waals surface area contributed by atoms with E-state index < -0.39 is 11.0 Å². The average Bonchev–Trinajstić information content (AvgIpc) is 2.90. The molecule has 0 spiro atoms. The van der Waals surface area contributed by atoms with Crippen molar-refractivity contribution in [2.45, 2.75) is 12.5 Å². The minimum absolute atomic E-state index is 0.0705. The Kier molecular flexibility index (Phi) is 6.77. The highest BCUT2D eigenvalue weighted by atomic mass is 16.6. The molecule has 1 heterocycles. The summed E-state index contributed by atoms with van der Waals surface area (Å²) in [6, 6.07) is 14.6. The van der Waals surface area contributed by atoms with Crippen LogP contribution in [-0.4, -0.2) is 50.7 Å². The molecule has 182 valence electrons. The van der Waals surface area contributed by atoms with Gasteiger partial charge in [-0.2, -0.15) is 0 Å². The summed E-state index contributed by atoms with van der Waals surface area (Å²) < 4.78 is 21.9. The molecule has 1 aliphatic heterocycles. The molecule has 1 unspecified atom stereocenters. The van der Waals surface area contributed by atoms with Crippen molar-refractivity contribution in [3.05, 3.63) is 87.0 Å². The van der Waals surface area contributed by atoms with E-state index in [-0.39, 0.29) is 11.6 Å². The summed E-state index contributed by atoms with van der Waals surface area (Å²) in [6.45, 7) is 0.442. The number of benzene rings is 3. The van der Waals surface area contributed by atoms with Gasteiger partial charge < -0.3 is 23.8 Å². The van der Waals surface area contributed by atoms with Crippen molar-refractivity contribution in [3.8, 4) is 23.0 Å². The average molecular weight is 479 g/mol. The van der Waals surface area contributed by atoms with E-state index in [0.717, 1.165) is 16.7 Å². The largest absolute Gasteiger partial charge is 0.493 e. The van der Waals surface area contributed by atoms with Gasteiger partial charge >= 0.3 is 0 Å². The molecule has 0 fully saturated rings. The van der Waals surface area contributed by atoms with Crippen LogP contribution in [0.4, 0.5) is 5.69 Å². The molecule has 0 radical (unpaired) electrons. The standard InChI is InChI=1S/C26H26N2O7/c1-32-21-10-7-18(14-22(21)33-2)25-20-15-24(35-4)23(34-3)13-17(20)11-12-27(25)26(29)16-5-8-19(9-6-16)28(30)31/h5-10,13-15,25H,11-12H2,1-4H3. The van der Waals surface area contributed by atoms with Gasteiger partial charge in [0.1, 0.15) is 0 Å². The van der Waals surface area contributed by atoms with Gasteiger partial charge in [0, 0.05) is 24.2 Å². The van der Waals surface area contributed by atoms with Crippen LogP contribution in [0.25, 0.3) is 0 Å². The van der Waals surface area contributed by atoms with Crippen molar-refractivity contribution in [2.75, 3.05) is 35.0 Å². The van der Waals surface area contributed by atoms with E-state index in [4.69, 9.17) is 18.9 Å². The van der Waals surface area contributed by atoms with Crippen LogP contribution in [0.2, 0.25) is 0 Å². The molecule has 3 aromatic rings. The van der Waals surface area contributed by atoms with Gasteiger partial charge in [0.25, 0.3) is 11.6 Å². The second kappa shape index (κ2) is 9.92. The number of nitro groups is 1. The van der Waals surface area contributed by atoms with Gasteiger partial charge in [-0.1, -0.05) is 6.07 Å². The third kappa shape index (κ3) is 4.44. The smallest absolute Gasteiger partial charge is 0.269 e. The lowest BCUT2D eigenvalue weighted by Crippen LogP contribution is -2.40. The Bertz CT molecular complexity index is 1260. The number of methoxy groups -OCH3 is 4. The van der Waals surface area contributed by atoms with Crippen molar-refractivity contribution in [1.82, 2.24) is 4.90 Å². The number of nitro benzene ring substituents is 1. The summed E-state index contributed by atoms with van der Waals surface area (Å²) in [5, 5.41) is 11.0. The summed E-state index contributed by atoms with van der Waals surface area (Å²) in [7, 11) is 6.28. The van der Waals surface area contributed by atoms with Gasteiger partial charge in [0.05, 0.1) is 39.4 Å². The quantitative estimate of drug-likeness (QED) is 0.366. The number of ether oxygens (including phenoxy) is 4. The highest BCUT2D eigenvalue weighted by Gasteiger charge is 2.34. The molecule has 0 aromatic heterocycles. The third-order valence-electron chi connectivity index (χ3n) is 6.18. The Labute approximate surface area is 202 Å². The van der Waals surface area contributed by atoms with Crippen LogP contribution >= 0.6 is 0 Å². The number of hydrogen-bond acceptors (Lipinski definition) is 7. The van der Waals surface area contributed by atoms with E-state index in [2.05, 4.69) is 0 Å². The number of non-ortho nitro benzene ring substituents is 1. The number of fused-ring (bicyclic) bond motifs is 1. The molecule has 9 nitrogen and oxygen atoms in total. The molecule has 35 heavy (non-hydrogen) atoms. The maximum Gasteiger partial charge on any atom is 0.269 e. The summed E-state index contributed by atoms with van der Waals surface area (Å²) >= 11 is 0. The van der Waals surface area contributed by atoms with Gasteiger partial charge in [0.2, 0.25) is 0 Å². The van der Waals surface area contributed by atoms with E-state index in [1.54, 1.807) is 39.4 Å². The van der Waals surface area contributed by atoms with Gasteiger partial charge in [-0.3, -0.25) is 14.9 Å². The normalized spacial score (nSPS) is 14.6. The van der Waals surface area contributed by atoms with Gasteiger partial charge in [-0.05, 0) is 59.5 Å². The van der Waals surface area contributed by atoms with Crippen molar-refractivity contribution >= 4 is 11.6 Å². The SMILES string of the molecule is COc1ccc(C2c3cc(OC)c(OC)cc3CCN2C(=O)c2ccc([N+](=O)[O-])cc2)cc1OC. The van der Waals surface area contributed by atoms with E-state index in [1.165, 1.54) is 24.3 Å². The van der Waals surface area contributed by atoms with E-state index in [0.29, 0.717) is 41.5 Å². The van der Waals surface area contributed by atoms with Crippen LogP contribution in [0.1, 0.15) is 33.1 Å². The van der Waals surface area contributed by atoms with Crippen molar-refractivity contribution < 1.29 is 28.7 Å². The zero-order valence-corrected chi connectivity index (χ0v) is 19.9. The first-order valence-corrected chi connectivity index (χ1v) is 10.9.